The highest BCUT2D eigenvalue weighted by Gasteiger charge is 2.53. The monoisotopic (exact) mass is 397 g/mol. The quantitative estimate of drug-likeness (QED) is 0.251. The second-order valence-electron chi connectivity index (χ2n) is 5.43. The van der Waals surface area contributed by atoms with Crippen molar-refractivity contribution in [3.63, 3.8) is 0 Å². The van der Waals surface area contributed by atoms with Crippen molar-refractivity contribution in [3.05, 3.63) is 50.7 Å². The number of nitro benzene ring substituents is 1. The summed E-state index contributed by atoms with van der Waals surface area (Å²) in [6.45, 7) is -0.125. The summed E-state index contributed by atoms with van der Waals surface area (Å²) in [6.07, 6.45) is 0.437. The van der Waals surface area contributed by atoms with Crippen LogP contribution in [0.15, 0.2) is 35.0 Å². The molecule has 0 spiro atoms. The normalized spacial score (nSPS) is 21.6. The summed E-state index contributed by atoms with van der Waals surface area (Å²) in [5.74, 6) is -0.888. The molecular weight excluding hydrogens is 386 g/mol. The molecule has 136 valence electrons. The first-order valence-corrected chi connectivity index (χ1v) is 8.80. The third-order valence-corrected chi connectivity index (χ3v) is 5.63. The molecule has 1 N–H and O–H groups in total. The number of hydrogen-bond acceptors (Lipinski definition) is 7. The van der Waals surface area contributed by atoms with Gasteiger partial charge in [0.1, 0.15) is 23.7 Å². The fourth-order valence-corrected chi connectivity index (χ4v) is 4.15. The highest BCUT2D eigenvalue weighted by Crippen LogP contribution is 2.41. The molecule has 2 aliphatic heterocycles. The third kappa shape index (κ3) is 3.25. The zero-order valence-electron chi connectivity index (χ0n) is 13.1. The van der Waals surface area contributed by atoms with Crippen LogP contribution in [0.1, 0.15) is 5.56 Å². The molecule has 0 aliphatic carbocycles. The molecule has 2 aliphatic rings. The number of non-ortho nitro benzene ring substituents is 1. The molecule has 0 bridgehead atoms. The highest BCUT2D eigenvalue weighted by molar-refractivity contribution is 8.00. The van der Waals surface area contributed by atoms with Gasteiger partial charge in [0.15, 0.2) is 0 Å². The van der Waals surface area contributed by atoms with Crippen molar-refractivity contribution in [1.29, 1.82) is 0 Å². The molecule has 2 atom stereocenters. The number of rotatable bonds is 6. The number of nitrogens with one attached hydrogen (secondary N) is 1. The Labute approximate surface area is 156 Å². The van der Waals surface area contributed by atoms with Crippen molar-refractivity contribution in [3.8, 4) is 0 Å². The molecule has 0 saturated carbocycles. The van der Waals surface area contributed by atoms with Crippen LogP contribution in [0.4, 0.5) is 5.69 Å². The first-order chi connectivity index (χ1) is 12.4. The summed E-state index contributed by atoms with van der Waals surface area (Å²) in [4.78, 5) is 46.4. The Morgan fingerprint density at radius 1 is 1.46 bits per heavy atom. The van der Waals surface area contributed by atoms with Gasteiger partial charge in [-0.2, -0.15) is 0 Å². The van der Waals surface area contributed by atoms with Gasteiger partial charge in [-0.05, 0) is 17.7 Å². The Bertz CT molecular complexity index is 812. The maximum absolute atomic E-state index is 12.4. The van der Waals surface area contributed by atoms with E-state index < -0.39 is 28.2 Å². The van der Waals surface area contributed by atoms with Gasteiger partial charge in [-0.15, -0.1) is 11.8 Å². The Morgan fingerprint density at radius 2 is 2.15 bits per heavy atom. The molecule has 11 heteroatoms. The first-order valence-electron chi connectivity index (χ1n) is 7.37. The van der Waals surface area contributed by atoms with Gasteiger partial charge in [0.2, 0.25) is 6.41 Å². The van der Waals surface area contributed by atoms with Gasteiger partial charge in [-0.1, -0.05) is 11.6 Å². The lowest BCUT2D eigenvalue weighted by Gasteiger charge is -2.48. The minimum atomic E-state index is -0.767. The summed E-state index contributed by atoms with van der Waals surface area (Å²) in [7, 11) is 0. The number of halogens is 1. The van der Waals surface area contributed by atoms with Gasteiger partial charge >= 0.3 is 5.97 Å². The molecular formula is C15H12ClN3O6S. The van der Waals surface area contributed by atoms with Crippen molar-refractivity contribution >= 4 is 47.3 Å². The Balaban J connectivity index is 1.68. The number of amides is 2. The molecule has 2 amide bonds. The van der Waals surface area contributed by atoms with E-state index in [-0.39, 0.29) is 23.0 Å². The van der Waals surface area contributed by atoms with Crippen molar-refractivity contribution in [1.82, 2.24) is 10.2 Å². The maximum atomic E-state index is 12.4. The molecule has 1 aromatic rings. The number of esters is 1. The Kier molecular flexibility index (Phi) is 5.14. The molecule has 3 rings (SSSR count). The zero-order valence-corrected chi connectivity index (χ0v) is 14.7. The van der Waals surface area contributed by atoms with E-state index in [4.69, 9.17) is 16.3 Å². The number of ether oxygens (including phenoxy) is 1. The molecule has 26 heavy (non-hydrogen) atoms. The van der Waals surface area contributed by atoms with E-state index in [1.54, 1.807) is 0 Å². The van der Waals surface area contributed by atoms with Crippen LogP contribution in [0.3, 0.4) is 0 Å². The number of β-lactam (4-membered cyclic amide) rings is 1. The van der Waals surface area contributed by atoms with Crippen molar-refractivity contribution in [2.24, 2.45) is 0 Å². The number of nitro groups is 1. The molecule has 1 aromatic carbocycles. The summed E-state index contributed by atoms with van der Waals surface area (Å²) in [5, 5.41) is 12.8. The highest BCUT2D eigenvalue weighted by atomic mass is 35.5. The molecule has 0 unspecified atom stereocenters. The molecule has 0 aromatic heterocycles. The molecule has 2 heterocycles. The number of carbonyl (C=O) groups is 3. The summed E-state index contributed by atoms with van der Waals surface area (Å²) >= 11 is 7.43. The van der Waals surface area contributed by atoms with Gasteiger partial charge < -0.3 is 10.1 Å². The number of benzene rings is 1. The van der Waals surface area contributed by atoms with Crippen LogP contribution in [0.5, 0.6) is 0 Å². The van der Waals surface area contributed by atoms with Crippen LogP contribution < -0.4 is 5.32 Å². The Morgan fingerprint density at radius 3 is 2.77 bits per heavy atom. The predicted octanol–water partition coefficient (Wildman–Crippen LogP) is 1.12. The molecule has 1 fully saturated rings. The predicted molar refractivity (Wildman–Crippen MR) is 91.9 cm³/mol. The van der Waals surface area contributed by atoms with E-state index in [9.17, 15) is 24.5 Å². The Hall–Kier alpha value is -2.59. The average molecular weight is 398 g/mol. The topological polar surface area (TPSA) is 119 Å². The van der Waals surface area contributed by atoms with Crippen LogP contribution in [-0.4, -0.2) is 45.3 Å². The largest absolute Gasteiger partial charge is 0.456 e. The smallest absolute Gasteiger partial charge is 0.356 e. The van der Waals surface area contributed by atoms with Gasteiger partial charge in [-0.25, -0.2) is 4.79 Å². The fraction of sp³-hybridized carbons (Fsp3) is 0.267. The molecule has 9 nitrogen and oxygen atoms in total. The zero-order chi connectivity index (χ0) is 18.8. The number of hydrogen-bond donors (Lipinski definition) is 1. The SMILES string of the molecule is O=CN[C@@H]1C(=O)N2C(C(=O)OCc3ccc([N+](=O)[O-])cc3)=C(Cl)CS[C@H]12. The summed E-state index contributed by atoms with van der Waals surface area (Å²) in [6, 6.07) is 4.86. The number of thioether (sulfide) groups is 1. The van der Waals surface area contributed by atoms with E-state index in [1.807, 2.05) is 0 Å². The van der Waals surface area contributed by atoms with Gasteiger partial charge in [-0.3, -0.25) is 24.6 Å². The van der Waals surface area contributed by atoms with Crippen LogP contribution in [-0.2, 0) is 25.7 Å². The van der Waals surface area contributed by atoms with Crippen LogP contribution in [0, 0.1) is 10.1 Å². The van der Waals surface area contributed by atoms with Gasteiger partial charge in [0.25, 0.3) is 11.6 Å². The second-order valence-corrected chi connectivity index (χ2v) is 6.99. The summed E-state index contributed by atoms with van der Waals surface area (Å²) in [5.41, 5.74) is 0.446. The molecule has 1 saturated heterocycles. The van der Waals surface area contributed by atoms with Crippen LogP contribution >= 0.6 is 23.4 Å². The minimum absolute atomic E-state index is 0.0359. The van der Waals surface area contributed by atoms with Crippen LogP contribution in [0.2, 0.25) is 0 Å². The lowest BCUT2D eigenvalue weighted by molar-refractivity contribution is -0.384. The average Bonchev–Trinajstić information content (AvgIpc) is 2.64. The third-order valence-electron chi connectivity index (χ3n) is 3.88. The van der Waals surface area contributed by atoms with E-state index in [1.165, 1.54) is 40.9 Å². The van der Waals surface area contributed by atoms with E-state index in [0.29, 0.717) is 17.7 Å². The standard InChI is InChI=1S/C15H12ClN3O6S/c16-10-6-26-14-11(17-7-20)13(21)18(14)12(10)15(22)25-5-8-1-3-9(4-2-8)19(23)24/h1-4,7,11,14H,5-6H2,(H,17,20)/t11-,14-/m1/s1. The molecule has 0 radical (unpaired) electrons. The van der Waals surface area contributed by atoms with E-state index >= 15 is 0 Å². The number of fused-ring (bicyclic) bond motifs is 1. The van der Waals surface area contributed by atoms with E-state index in [2.05, 4.69) is 5.32 Å². The lowest BCUT2D eigenvalue weighted by atomic mass is 10.1. The van der Waals surface area contributed by atoms with Crippen molar-refractivity contribution in [2.75, 3.05) is 5.75 Å². The lowest BCUT2D eigenvalue weighted by Crippen LogP contribution is -2.69. The number of carbonyl (C=O) groups excluding carboxylic acids is 3. The van der Waals surface area contributed by atoms with Crippen LogP contribution in [0.25, 0.3) is 0 Å². The maximum Gasteiger partial charge on any atom is 0.356 e. The summed E-state index contributed by atoms with van der Waals surface area (Å²) < 4.78 is 5.19. The van der Waals surface area contributed by atoms with Gasteiger partial charge in [0, 0.05) is 17.9 Å². The fourth-order valence-electron chi connectivity index (χ4n) is 2.60. The van der Waals surface area contributed by atoms with E-state index in [0.717, 1.165) is 0 Å². The number of nitrogens with zero attached hydrogens (tertiary/aromatic N) is 2. The second kappa shape index (κ2) is 7.34. The first kappa shape index (κ1) is 18.2. The van der Waals surface area contributed by atoms with Gasteiger partial charge in [0.05, 0.1) is 9.96 Å². The minimum Gasteiger partial charge on any atom is -0.456 e. The van der Waals surface area contributed by atoms with Crippen molar-refractivity contribution in [2.45, 2.75) is 18.0 Å². The van der Waals surface area contributed by atoms with Crippen molar-refractivity contribution < 1.29 is 24.0 Å².